The van der Waals surface area contributed by atoms with E-state index >= 15 is 0 Å². The molecule has 0 fully saturated rings. The van der Waals surface area contributed by atoms with Gasteiger partial charge < -0.3 is 10.1 Å². The Morgan fingerprint density at radius 2 is 2.26 bits per heavy atom. The lowest BCUT2D eigenvalue weighted by molar-refractivity contribution is 0.302. The Morgan fingerprint density at radius 1 is 1.42 bits per heavy atom. The van der Waals surface area contributed by atoms with Crippen LogP contribution in [0.1, 0.15) is 18.1 Å². The monoisotopic (exact) mass is 323 g/mol. The minimum atomic E-state index is 0.536. The minimum absolute atomic E-state index is 0.536. The molecule has 0 aliphatic rings. The molecule has 0 atom stereocenters. The molecule has 0 radical (unpaired) electrons. The van der Waals surface area contributed by atoms with E-state index in [1.165, 1.54) is 0 Å². The molecule has 0 spiro atoms. The standard InChI is InChI=1S/C14H18BrN3O/c1-3-16-8-12-6-13(15)4-5-14(12)19-10-11-7-17-18(2)9-11/h4-7,9,16H,3,8,10H2,1-2H3. The van der Waals surface area contributed by atoms with Crippen LogP contribution in [0.4, 0.5) is 0 Å². The van der Waals surface area contributed by atoms with Crippen molar-refractivity contribution in [3.05, 3.63) is 46.2 Å². The highest BCUT2D eigenvalue weighted by atomic mass is 79.9. The zero-order valence-electron chi connectivity index (χ0n) is 11.2. The molecule has 1 heterocycles. The second-order valence-corrected chi connectivity index (χ2v) is 5.26. The van der Waals surface area contributed by atoms with Crippen LogP contribution in [0.15, 0.2) is 35.1 Å². The van der Waals surface area contributed by atoms with Gasteiger partial charge in [-0.15, -0.1) is 0 Å². The fourth-order valence-corrected chi connectivity index (χ4v) is 2.20. The first-order valence-electron chi connectivity index (χ1n) is 6.28. The molecule has 2 rings (SSSR count). The molecule has 5 heteroatoms. The summed E-state index contributed by atoms with van der Waals surface area (Å²) in [7, 11) is 1.90. The summed E-state index contributed by atoms with van der Waals surface area (Å²) in [6.07, 6.45) is 3.78. The third kappa shape index (κ3) is 4.08. The largest absolute Gasteiger partial charge is 0.488 e. The highest BCUT2D eigenvalue weighted by Gasteiger charge is 2.05. The lowest BCUT2D eigenvalue weighted by atomic mass is 10.2. The number of benzene rings is 1. The van der Waals surface area contributed by atoms with Crippen molar-refractivity contribution in [3.63, 3.8) is 0 Å². The number of aryl methyl sites for hydroxylation is 1. The Hall–Kier alpha value is -1.33. The van der Waals surface area contributed by atoms with Gasteiger partial charge in [-0.25, -0.2) is 0 Å². The smallest absolute Gasteiger partial charge is 0.124 e. The highest BCUT2D eigenvalue weighted by molar-refractivity contribution is 9.10. The molecule has 0 unspecified atom stereocenters. The van der Waals surface area contributed by atoms with Crippen molar-refractivity contribution in [2.75, 3.05) is 6.54 Å². The maximum Gasteiger partial charge on any atom is 0.124 e. The van der Waals surface area contributed by atoms with E-state index in [2.05, 4.69) is 39.3 Å². The molecule has 1 aromatic heterocycles. The van der Waals surface area contributed by atoms with E-state index < -0.39 is 0 Å². The average Bonchev–Trinajstić information content (AvgIpc) is 2.81. The Kier molecular flexibility index (Phi) is 4.99. The van der Waals surface area contributed by atoms with Crippen LogP contribution in [0.5, 0.6) is 5.75 Å². The zero-order valence-corrected chi connectivity index (χ0v) is 12.8. The second kappa shape index (κ2) is 6.73. The Bertz CT molecular complexity index is 539. The van der Waals surface area contributed by atoms with Gasteiger partial charge >= 0.3 is 0 Å². The van der Waals surface area contributed by atoms with Crippen LogP contribution < -0.4 is 10.1 Å². The molecule has 4 nitrogen and oxygen atoms in total. The van der Waals surface area contributed by atoms with Crippen LogP contribution in [0.3, 0.4) is 0 Å². The Morgan fingerprint density at radius 3 is 2.95 bits per heavy atom. The molecule has 0 saturated carbocycles. The minimum Gasteiger partial charge on any atom is -0.488 e. The van der Waals surface area contributed by atoms with E-state index in [0.717, 1.165) is 34.4 Å². The van der Waals surface area contributed by atoms with Crippen molar-refractivity contribution < 1.29 is 4.74 Å². The normalized spacial score (nSPS) is 10.7. The van der Waals surface area contributed by atoms with Gasteiger partial charge in [-0.3, -0.25) is 4.68 Å². The van der Waals surface area contributed by atoms with Crippen LogP contribution in [0.2, 0.25) is 0 Å². The van der Waals surface area contributed by atoms with E-state index in [1.807, 2.05) is 31.6 Å². The highest BCUT2D eigenvalue weighted by Crippen LogP contribution is 2.24. The van der Waals surface area contributed by atoms with Gasteiger partial charge in [0.25, 0.3) is 0 Å². The van der Waals surface area contributed by atoms with Crippen molar-refractivity contribution in [1.82, 2.24) is 15.1 Å². The SMILES string of the molecule is CCNCc1cc(Br)ccc1OCc1cnn(C)c1. The molecule has 0 saturated heterocycles. The summed E-state index contributed by atoms with van der Waals surface area (Å²) in [5.74, 6) is 0.910. The third-order valence-electron chi connectivity index (χ3n) is 2.74. The number of nitrogens with one attached hydrogen (secondary N) is 1. The van der Waals surface area contributed by atoms with Crippen molar-refractivity contribution in [1.29, 1.82) is 0 Å². The molecular weight excluding hydrogens is 306 g/mol. The predicted molar refractivity (Wildman–Crippen MR) is 79.1 cm³/mol. The fourth-order valence-electron chi connectivity index (χ4n) is 1.79. The number of hydrogen-bond acceptors (Lipinski definition) is 3. The van der Waals surface area contributed by atoms with Gasteiger partial charge in [0, 0.05) is 35.4 Å². The van der Waals surface area contributed by atoms with Gasteiger partial charge in [0.2, 0.25) is 0 Å². The lowest BCUT2D eigenvalue weighted by Gasteiger charge is -2.11. The van der Waals surface area contributed by atoms with E-state index in [0.29, 0.717) is 6.61 Å². The second-order valence-electron chi connectivity index (χ2n) is 4.34. The molecule has 0 aliphatic carbocycles. The first-order chi connectivity index (χ1) is 9.19. The maximum atomic E-state index is 5.87. The van der Waals surface area contributed by atoms with Gasteiger partial charge in [-0.1, -0.05) is 22.9 Å². The predicted octanol–water partition coefficient (Wildman–Crippen LogP) is 2.87. The van der Waals surface area contributed by atoms with Crippen LogP contribution in [-0.2, 0) is 20.2 Å². The molecule has 2 aromatic rings. The van der Waals surface area contributed by atoms with Gasteiger partial charge in [-0.2, -0.15) is 5.10 Å². The number of halogens is 1. The van der Waals surface area contributed by atoms with Gasteiger partial charge in [0.05, 0.1) is 6.20 Å². The van der Waals surface area contributed by atoms with Crippen LogP contribution >= 0.6 is 15.9 Å². The number of ether oxygens (including phenoxy) is 1. The number of hydrogen-bond donors (Lipinski definition) is 1. The number of nitrogens with zero attached hydrogens (tertiary/aromatic N) is 2. The van der Waals surface area contributed by atoms with Crippen molar-refractivity contribution in [2.24, 2.45) is 7.05 Å². The molecule has 1 N–H and O–H groups in total. The molecule has 1 aromatic carbocycles. The maximum absolute atomic E-state index is 5.87. The van der Waals surface area contributed by atoms with Crippen molar-refractivity contribution in [2.45, 2.75) is 20.1 Å². The van der Waals surface area contributed by atoms with Gasteiger partial charge in [0.15, 0.2) is 0 Å². The molecule has 0 aliphatic heterocycles. The summed E-state index contributed by atoms with van der Waals surface area (Å²) in [5.41, 5.74) is 2.22. The van der Waals surface area contributed by atoms with Gasteiger partial charge in [-0.05, 0) is 24.7 Å². The van der Waals surface area contributed by atoms with E-state index in [9.17, 15) is 0 Å². The summed E-state index contributed by atoms with van der Waals surface area (Å²) >= 11 is 3.49. The molecule has 0 bridgehead atoms. The van der Waals surface area contributed by atoms with Crippen LogP contribution in [-0.4, -0.2) is 16.3 Å². The first kappa shape index (κ1) is 14.1. The topological polar surface area (TPSA) is 39.1 Å². The number of aromatic nitrogens is 2. The van der Waals surface area contributed by atoms with E-state index in [-0.39, 0.29) is 0 Å². The fraction of sp³-hybridized carbons (Fsp3) is 0.357. The van der Waals surface area contributed by atoms with Crippen LogP contribution in [0.25, 0.3) is 0 Å². The zero-order chi connectivity index (χ0) is 13.7. The summed E-state index contributed by atoms with van der Waals surface area (Å²) in [6.45, 7) is 4.37. The molecular formula is C14H18BrN3O. The van der Waals surface area contributed by atoms with E-state index in [1.54, 1.807) is 4.68 Å². The molecule has 19 heavy (non-hydrogen) atoms. The Labute approximate surface area is 121 Å². The lowest BCUT2D eigenvalue weighted by Crippen LogP contribution is -2.13. The first-order valence-corrected chi connectivity index (χ1v) is 7.08. The summed E-state index contributed by atoms with van der Waals surface area (Å²) in [5, 5.41) is 7.45. The summed E-state index contributed by atoms with van der Waals surface area (Å²) < 4.78 is 8.72. The molecule has 0 amide bonds. The Balaban J connectivity index is 2.05. The quantitative estimate of drug-likeness (QED) is 0.888. The average molecular weight is 324 g/mol. The van der Waals surface area contributed by atoms with Crippen LogP contribution in [0, 0.1) is 0 Å². The summed E-state index contributed by atoms with van der Waals surface area (Å²) in [6, 6.07) is 6.07. The number of rotatable bonds is 6. The van der Waals surface area contributed by atoms with E-state index in [4.69, 9.17) is 4.74 Å². The van der Waals surface area contributed by atoms with Crippen molar-refractivity contribution in [3.8, 4) is 5.75 Å². The molecule has 102 valence electrons. The third-order valence-corrected chi connectivity index (χ3v) is 3.23. The van der Waals surface area contributed by atoms with Crippen molar-refractivity contribution >= 4 is 15.9 Å². The van der Waals surface area contributed by atoms with Gasteiger partial charge in [0.1, 0.15) is 12.4 Å². The summed E-state index contributed by atoms with van der Waals surface area (Å²) in [4.78, 5) is 0.